The molecule has 0 fully saturated rings. The van der Waals surface area contributed by atoms with Gasteiger partial charge in [-0.15, -0.1) is 0 Å². The maximum absolute atomic E-state index is 11.9. The molecule has 0 heterocycles. The van der Waals surface area contributed by atoms with E-state index in [9.17, 15) is 4.79 Å². The van der Waals surface area contributed by atoms with Crippen LogP contribution < -0.4 is 11.1 Å². The highest BCUT2D eigenvalue weighted by atomic mass is 16.1. The van der Waals surface area contributed by atoms with Crippen LogP contribution in [0, 0.1) is 18.3 Å². The van der Waals surface area contributed by atoms with Crippen LogP contribution in [-0.2, 0) is 11.2 Å². The topological polar surface area (TPSA) is 78.9 Å². The fraction of sp³-hybridized carbons (Fsp3) is 0.176. The number of nitrogen functional groups attached to an aromatic ring is 1. The molecule has 0 bridgehead atoms. The molecule has 0 radical (unpaired) electrons. The standard InChI is InChI=1S/C17H17N3O/c1-12-2-4-13(5-3-12)7-9-17(21)20-16-8-6-14(11-18)10-15(16)19/h2-6,8,10H,7,9,19H2,1H3,(H,20,21). The monoisotopic (exact) mass is 279 g/mol. The van der Waals surface area contributed by atoms with Gasteiger partial charge in [-0.1, -0.05) is 29.8 Å². The van der Waals surface area contributed by atoms with E-state index in [2.05, 4.69) is 5.32 Å². The first-order chi connectivity index (χ1) is 10.1. The zero-order valence-electron chi connectivity index (χ0n) is 11.9. The smallest absolute Gasteiger partial charge is 0.224 e. The van der Waals surface area contributed by atoms with Crippen LogP contribution in [0.3, 0.4) is 0 Å². The van der Waals surface area contributed by atoms with Crippen molar-refractivity contribution >= 4 is 17.3 Å². The normalized spacial score (nSPS) is 9.90. The van der Waals surface area contributed by atoms with Gasteiger partial charge in [-0.05, 0) is 37.1 Å². The van der Waals surface area contributed by atoms with Crippen molar-refractivity contribution < 1.29 is 4.79 Å². The zero-order chi connectivity index (χ0) is 15.2. The molecule has 106 valence electrons. The van der Waals surface area contributed by atoms with Crippen LogP contribution in [0.5, 0.6) is 0 Å². The molecule has 0 saturated heterocycles. The summed E-state index contributed by atoms with van der Waals surface area (Å²) < 4.78 is 0. The molecule has 0 aliphatic carbocycles. The fourth-order valence-corrected chi connectivity index (χ4v) is 1.97. The molecule has 1 amide bonds. The highest BCUT2D eigenvalue weighted by Gasteiger charge is 2.06. The molecule has 0 aliphatic rings. The molecule has 4 heteroatoms. The molecule has 2 aromatic carbocycles. The number of nitrogens with one attached hydrogen (secondary N) is 1. The van der Waals surface area contributed by atoms with Gasteiger partial charge in [0.1, 0.15) is 0 Å². The fourth-order valence-electron chi connectivity index (χ4n) is 1.97. The molecule has 0 aliphatic heterocycles. The van der Waals surface area contributed by atoms with Gasteiger partial charge in [-0.2, -0.15) is 5.26 Å². The van der Waals surface area contributed by atoms with Crippen molar-refractivity contribution in [1.82, 2.24) is 0 Å². The van der Waals surface area contributed by atoms with Crippen molar-refractivity contribution in [3.63, 3.8) is 0 Å². The molecule has 21 heavy (non-hydrogen) atoms. The Morgan fingerprint density at radius 3 is 2.57 bits per heavy atom. The molecule has 2 aromatic rings. The van der Waals surface area contributed by atoms with E-state index in [0.717, 1.165) is 5.56 Å². The maximum Gasteiger partial charge on any atom is 0.224 e. The Kier molecular flexibility index (Phi) is 4.57. The van der Waals surface area contributed by atoms with E-state index >= 15 is 0 Å². The van der Waals surface area contributed by atoms with Gasteiger partial charge >= 0.3 is 0 Å². The lowest BCUT2D eigenvalue weighted by molar-refractivity contribution is -0.116. The average Bonchev–Trinajstić information content (AvgIpc) is 2.48. The summed E-state index contributed by atoms with van der Waals surface area (Å²) in [5.74, 6) is -0.0908. The van der Waals surface area contributed by atoms with Crippen LogP contribution in [0.15, 0.2) is 42.5 Å². The van der Waals surface area contributed by atoms with Crippen LogP contribution in [0.25, 0.3) is 0 Å². The van der Waals surface area contributed by atoms with Crippen molar-refractivity contribution in [3.05, 3.63) is 59.2 Å². The van der Waals surface area contributed by atoms with Crippen molar-refractivity contribution in [2.24, 2.45) is 0 Å². The molecular weight excluding hydrogens is 262 g/mol. The van der Waals surface area contributed by atoms with Crippen LogP contribution in [-0.4, -0.2) is 5.91 Å². The van der Waals surface area contributed by atoms with Gasteiger partial charge < -0.3 is 11.1 Å². The number of carbonyl (C=O) groups excluding carboxylic acids is 1. The summed E-state index contributed by atoms with van der Waals surface area (Å²) in [7, 11) is 0. The number of nitrogens with zero attached hydrogens (tertiary/aromatic N) is 1. The number of nitriles is 1. The number of rotatable bonds is 4. The molecule has 0 atom stereocenters. The Morgan fingerprint density at radius 2 is 1.95 bits per heavy atom. The lowest BCUT2D eigenvalue weighted by Crippen LogP contribution is -2.13. The minimum absolute atomic E-state index is 0.0908. The number of anilines is 2. The SMILES string of the molecule is Cc1ccc(CCC(=O)Nc2ccc(C#N)cc2N)cc1. The minimum Gasteiger partial charge on any atom is -0.397 e. The summed E-state index contributed by atoms with van der Waals surface area (Å²) >= 11 is 0. The lowest BCUT2D eigenvalue weighted by Gasteiger charge is -2.08. The van der Waals surface area contributed by atoms with Crippen LogP contribution >= 0.6 is 0 Å². The summed E-state index contributed by atoms with van der Waals surface area (Å²) in [4.78, 5) is 11.9. The molecule has 0 unspecified atom stereocenters. The number of carbonyl (C=O) groups is 1. The van der Waals surface area contributed by atoms with Crippen molar-refractivity contribution in [1.29, 1.82) is 5.26 Å². The molecule has 0 aromatic heterocycles. The van der Waals surface area contributed by atoms with Gasteiger partial charge in [0, 0.05) is 6.42 Å². The van der Waals surface area contributed by atoms with E-state index in [-0.39, 0.29) is 5.91 Å². The lowest BCUT2D eigenvalue weighted by atomic mass is 10.1. The summed E-state index contributed by atoms with van der Waals surface area (Å²) in [5.41, 5.74) is 9.56. The summed E-state index contributed by atoms with van der Waals surface area (Å²) in [6.07, 6.45) is 1.07. The van der Waals surface area contributed by atoms with Gasteiger partial charge in [0.05, 0.1) is 23.0 Å². The van der Waals surface area contributed by atoms with Crippen LogP contribution in [0.2, 0.25) is 0 Å². The predicted octanol–water partition coefficient (Wildman–Crippen LogP) is 3.02. The Labute approximate surface area is 124 Å². The van der Waals surface area contributed by atoms with Gasteiger partial charge in [0.2, 0.25) is 5.91 Å². The average molecular weight is 279 g/mol. The van der Waals surface area contributed by atoms with E-state index < -0.39 is 0 Å². The summed E-state index contributed by atoms with van der Waals surface area (Å²) in [5, 5.41) is 11.5. The highest BCUT2D eigenvalue weighted by molar-refractivity contribution is 5.94. The van der Waals surface area contributed by atoms with Crippen molar-refractivity contribution in [2.75, 3.05) is 11.1 Å². The van der Waals surface area contributed by atoms with E-state index in [4.69, 9.17) is 11.0 Å². The largest absolute Gasteiger partial charge is 0.397 e. The highest BCUT2D eigenvalue weighted by Crippen LogP contribution is 2.19. The number of benzene rings is 2. The Bertz CT molecular complexity index is 684. The third-order valence-corrected chi connectivity index (χ3v) is 3.22. The van der Waals surface area contributed by atoms with Crippen molar-refractivity contribution in [3.8, 4) is 6.07 Å². The first-order valence-electron chi connectivity index (χ1n) is 6.73. The molecule has 2 rings (SSSR count). The number of amides is 1. The predicted molar refractivity (Wildman–Crippen MR) is 83.7 cm³/mol. The van der Waals surface area contributed by atoms with Gasteiger partial charge in [-0.25, -0.2) is 0 Å². The van der Waals surface area contributed by atoms with E-state index in [0.29, 0.717) is 29.8 Å². The maximum atomic E-state index is 11.9. The first-order valence-corrected chi connectivity index (χ1v) is 6.73. The third kappa shape index (κ3) is 4.08. The van der Waals surface area contributed by atoms with Gasteiger partial charge in [-0.3, -0.25) is 4.79 Å². The number of nitrogens with two attached hydrogens (primary N) is 1. The minimum atomic E-state index is -0.0908. The van der Waals surface area contributed by atoms with E-state index in [1.807, 2.05) is 37.3 Å². The second-order valence-electron chi connectivity index (χ2n) is 4.95. The summed E-state index contributed by atoms with van der Waals surface area (Å²) in [6.45, 7) is 2.03. The zero-order valence-corrected chi connectivity index (χ0v) is 11.9. The number of hydrogen-bond acceptors (Lipinski definition) is 3. The molecule has 0 saturated carbocycles. The van der Waals surface area contributed by atoms with Crippen LogP contribution in [0.1, 0.15) is 23.1 Å². The Morgan fingerprint density at radius 1 is 1.24 bits per heavy atom. The second kappa shape index (κ2) is 6.58. The summed E-state index contributed by atoms with van der Waals surface area (Å²) in [6, 6.07) is 15.0. The third-order valence-electron chi connectivity index (χ3n) is 3.22. The first kappa shape index (κ1) is 14.6. The number of hydrogen-bond donors (Lipinski definition) is 2. The Balaban J connectivity index is 1.93. The van der Waals surface area contributed by atoms with Crippen molar-refractivity contribution in [2.45, 2.75) is 19.8 Å². The van der Waals surface area contributed by atoms with Gasteiger partial charge in [0.25, 0.3) is 0 Å². The van der Waals surface area contributed by atoms with E-state index in [1.54, 1.807) is 18.2 Å². The molecule has 0 spiro atoms. The molecular formula is C17H17N3O. The quantitative estimate of drug-likeness (QED) is 0.844. The number of aryl methyl sites for hydroxylation is 2. The second-order valence-corrected chi connectivity index (χ2v) is 4.95. The Hall–Kier alpha value is -2.80. The molecule has 4 nitrogen and oxygen atoms in total. The molecule has 3 N–H and O–H groups in total. The van der Waals surface area contributed by atoms with Crippen LogP contribution in [0.4, 0.5) is 11.4 Å². The van der Waals surface area contributed by atoms with E-state index in [1.165, 1.54) is 5.56 Å². The van der Waals surface area contributed by atoms with Gasteiger partial charge in [0.15, 0.2) is 0 Å².